The Balaban J connectivity index is 1.72. The number of anilines is 1. The predicted octanol–water partition coefficient (Wildman–Crippen LogP) is 4.88. The summed E-state index contributed by atoms with van der Waals surface area (Å²) in [4.78, 5) is 19.1. The van der Waals surface area contributed by atoms with Gasteiger partial charge in [0.2, 0.25) is 5.91 Å². The Morgan fingerprint density at radius 3 is 2.44 bits per heavy atom. The largest absolute Gasteiger partial charge is 0.324 e. The summed E-state index contributed by atoms with van der Waals surface area (Å²) < 4.78 is 0. The minimum atomic E-state index is -0.0523. The van der Waals surface area contributed by atoms with E-state index in [0.29, 0.717) is 11.6 Å². The highest BCUT2D eigenvalue weighted by molar-refractivity contribution is 6.32. The third-order valence-electron chi connectivity index (χ3n) is 4.72. The number of carbonyl (C=O) groups excluding carboxylic acids is 1. The first kappa shape index (κ1) is 19.3. The number of nitrogens with one attached hydrogen (secondary N) is 1. The summed E-state index contributed by atoms with van der Waals surface area (Å²) in [7, 11) is 1.90. The van der Waals surface area contributed by atoms with Crippen LogP contribution in [0.1, 0.15) is 22.4 Å². The lowest BCUT2D eigenvalue weighted by molar-refractivity contribution is -0.117. The van der Waals surface area contributed by atoms with Crippen molar-refractivity contribution in [2.75, 3.05) is 18.9 Å². The van der Waals surface area contributed by atoms with E-state index in [9.17, 15) is 4.79 Å². The van der Waals surface area contributed by atoms with E-state index < -0.39 is 0 Å². The van der Waals surface area contributed by atoms with Crippen molar-refractivity contribution >= 4 is 34.1 Å². The van der Waals surface area contributed by atoms with Crippen LogP contribution in [0, 0.1) is 20.8 Å². The molecule has 5 heteroatoms. The molecule has 1 N–H and O–H groups in total. The average Bonchev–Trinajstić information content (AvgIpc) is 2.62. The molecule has 1 heterocycles. The summed E-state index contributed by atoms with van der Waals surface area (Å²) in [6.07, 6.45) is 0. The summed E-state index contributed by atoms with van der Waals surface area (Å²) in [5, 5.41) is 4.74. The van der Waals surface area contributed by atoms with E-state index in [1.807, 2.05) is 75.2 Å². The van der Waals surface area contributed by atoms with Gasteiger partial charge in [0.1, 0.15) is 0 Å². The van der Waals surface area contributed by atoms with Gasteiger partial charge in [-0.05, 0) is 50.6 Å². The van der Waals surface area contributed by atoms with Crippen LogP contribution in [0.2, 0.25) is 5.02 Å². The molecule has 0 aliphatic carbocycles. The second-order valence-electron chi connectivity index (χ2n) is 7.00. The van der Waals surface area contributed by atoms with E-state index in [4.69, 9.17) is 11.6 Å². The van der Waals surface area contributed by atoms with Gasteiger partial charge in [-0.15, -0.1) is 0 Å². The minimum Gasteiger partial charge on any atom is -0.324 e. The number of carbonyl (C=O) groups is 1. The molecule has 0 saturated heterocycles. The van der Waals surface area contributed by atoms with Crippen LogP contribution in [0.5, 0.6) is 0 Å². The number of pyridine rings is 1. The number of fused-ring (bicyclic) bond motifs is 1. The Kier molecular flexibility index (Phi) is 5.78. The molecule has 2 aromatic carbocycles. The number of hydrogen-bond acceptors (Lipinski definition) is 3. The normalized spacial score (nSPS) is 11.2. The predicted molar refractivity (Wildman–Crippen MR) is 112 cm³/mol. The molecule has 0 aliphatic rings. The minimum absolute atomic E-state index is 0.0523. The number of aryl methyl sites for hydroxylation is 3. The van der Waals surface area contributed by atoms with Crippen LogP contribution >= 0.6 is 11.6 Å². The lowest BCUT2D eigenvalue weighted by atomic mass is 10.1. The molecule has 1 amide bonds. The molecular formula is C22H24ClN3O. The number of hydrogen-bond donors (Lipinski definition) is 1. The van der Waals surface area contributed by atoms with Crippen molar-refractivity contribution in [1.82, 2.24) is 9.88 Å². The van der Waals surface area contributed by atoms with Crippen LogP contribution in [-0.4, -0.2) is 29.4 Å². The molecule has 0 atom stereocenters. The Morgan fingerprint density at radius 1 is 1.07 bits per heavy atom. The molecule has 27 heavy (non-hydrogen) atoms. The number of aromatic nitrogens is 1. The molecule has 4 nitrogen and oxygen atoms in total. The summed E-state index contributed by atoms with van der Waals surface area (Å²) in [6.45, 7) is 6.76. The average molecular weight is 382 g/mol. The molecule has 3 aromatic rings. The molecular weight excluding hydrogens is 358 g/mol. The van der Waals surface area contributed by atoms with E-state index in [2.05, 4.69) is 10.3 Å². The molecule has 0 radical (unpaired) electrons. The first-order valence-corrected chi connectivity index (χ1v) is 9.33. The van der Waals surface area contributed by atoms with Gasteiger partial charge in [0, 0.05) is 17.6 Å². The quantitative estimate of drug-likeness (QED) is 0.684. The zero-order chi connectivity index (χ0) is 19.6. The fraction of sp³-hybridized carbons (Fsp3) is 0.273. The Bertz CT molecular complexity index is 980. The van der Waals surface area contributed by atoms with Crippen molar-refractivity contribution in [3.63, 3.8) is 0 Å². The van der Waals surface area contributed by atoms with Gasteiger partial charge < -0.3 is 5.32 Å². The Morgan fingerprint density at radius 2 is 1.74 bits per heavy atom. The molecule has 1 aromatic heterocycles. The Labute approximate surface area is 165 Å². The fourth-order valence-corrected chi connectivity index (χ4v) is 3.47. The number of likely N-dealkylation sites (N-methyl/N-ethyl adjacent to an activating group) is 1. The van der Waals surface area contributed by atoms with Crippen molar-refractivity contribution in [2.24, 2.45) is 0 Å². The topological polar surface area (TPSA) is 45.2 Å². The van der Waals surface area contributed by atoms with Crippen LogP contribution in [0.4, 0.5) is 5.69 Å². The van der Waals surface area contributed by atoms with E-state index in [1.54, 1.807) is 0 Å². The van der Waals surface area contributed by atoms with Crippen LogP contribution in [0.15, 0.2) is 42.5 Å². The van der Waals surface area contributed by atoms with E-state index in [-0.39, 0.29) is 12.5 Å². The maximum atomic E-state index is 12.5. The second kappa shape index (κ2) is 8.07. The second-order valence-corrected chi connectivity index (χ2v) is 7.38. The number of rotatable bonds is 5. The fourth-order valence-electron chi connectivity index (χ4n) is 3.27. The van der Waals surface area contributed by atoms with E-state index in [0.717, 1.165) is 39.0 Å². The number of benzene rings is 2. The van der Waals surface area contributed by atoms with Gasteiger partial charge in [0.15, 0.2) is 0 Å². The number of para-hydroxylation sites is 2. The number of amides is 1. The van der Waals surface area contributed by atoms with Gasteiger partial charge in [0.05, 0.1) is 22.8 Å². The standard InChI is InChI=1S/C22H24ClN3O/c1-14-8-7-9-15(2)22(14)25-20(27)13-26(4)12-19-21(23)16(3)17-10-5-6-11-18(17)24-19/h5-11H,12-13H2,1-4H3,(H,25,27). The molecule has 0 aliphatic heterocycles. The first-order chi connectivity index (χ1) is 12.9. The smallest absolute Gasteiger partial charge is 0.238 e. The number of halogens is 1. The monoisotopic (exact) mass is 381 g/mol. The Hall–Kier alpha value is -2.43. The zero-order valence-corrected chi connectivity index (χ0v) is 16.9. The van der Waals surface area contributed by atoms with E-state index >= 15 is 0 Å². The van der Waals surface area contributed by atoms with Gasteiger partial charge >= 0.3 is 0 Å². The highest BCUT2D eigenvalue weighted by atomic mass is 35.5. The van der Waals surface area contributed by atoms with Crippen molar-refractivity contribution in [3.05, 3.63) is 69.9 Å². The lowest BCUT2D eigenvalue weighted by Gasteiger charge is -2.19. The van der Waals surface area contributed by atoms with Crippen molar-refractivity contribution in [2.45, 2.75) is 27.3 Å². The van der Waals surface area contributed by atoms with Gasteiger partial charge in [-0.25, -0.2) is 4.98 Å². The van der Waals surface area contributed by atoms with Gasteiger partial charge in [-0.1, -0.05) is 48.0 Å². The third kappa shape index (κ3) is 4.29. The molecule has 0 bridgehead atoms. The van der Waals surface area contributed by atoms with Gasteiger partial charge in [0.25, 0.3) is 0 Å². The van der Waals surface area contributed by atoms with Crippen LogP contribution in [-0.2, 0) is 11.3 Å². The summed E-state index contributed by atoms with van der Waals surface area (Å²) in [5.74, 6) is -0.0523. The van der Waals surface area contributed by atoms with Crippen molar-refractivity contribution in [3.8, 4) is 0 Å². The summed E-state index contributed by atoms with van der Waals surface area (Å²) in [5.41, 5.74) is 5.72. The number of nitrogens with zero attached hydrogens (tertiary/aromatic N) is 2. The highest BCUT2D eigenvalue weighted by Gasteiger charge is 2.15. The molecule has 3 rings (SSSR count). The van der Waals surface area contributed by atoms with Crippen LogP contribution in [0.25, 0.3) is 10.9 Å². The van der Waals surface area contributed by atoms with Gasteiger partial charge in [-0.2, -0.15) is 0 Å². The molecule has 0 fully saturated rings. The van der Waals surface area contributed by atoms with E-state index in [1.165, 1.54) is 0 Å². The first-order valence-electron chi connectivity index (χ1n) is 8.95. The van der Waals surface area contributed by atoms with Crippen LogP contribution in [0.3, 0.4) is 0 Å². The molecule has 0 spiro atoms. The molecule has 140 valence electrons. The summed E-state index contributed by atoms with van der Waals surface area (Å²) >= 11 is 6.53. The SMILES string of the molecule is Cc1cccc(C)c1NC(=O)CN(C)Cc1nc2ccccc2c(C)c1Cl. The molecule has 0 unspecified atom stereocenters. The van der Waals surface area contributed by atoms with Gasteiger partial charge in [-0.3, -0.25) is 9.69 Å². The zero-order valence-electron chi connectivity index (χ0n) is 16.1. The lowest BCUT2D eigenvalue weighted by Crippen LogP contribution is -2.30. The van der Waals surface area contributed by atoms with Crippen molar-refractivity contribution < 1.29 is 4.79 Å². The van der Waals surface area contributed by atoms with Crippen molar-refractivity contribution in [1.29, 1.82) is 0 Å². The third-order valence-corrected chi connectivity index (χ3v) is 5.23. The highest BCUT2D eigenvalue weighted by Crippen LogP contribution is 2.27. The summed E-state index contributed by atoms with van der Waals surface area (Å²) in [6, 6.07) is 13.9. The maximum absolute atomic E-state index is 12.5. The van der Waals surface area contributed by atoms with Crippen LogP contribution < -0.4 is 5.32 Å². The molecule has 0 saturated carbocycles. The maximum Gasteiger partial charge on any atom is 0.238 e.